The fourth-order valence-electron chi connectivity index (χ4n) is 2.44. The summed E-state index contributed by atoms with van der Waals surface area (Å²) in [5, 5.41) is 3.47. The number of esters is 1. The van der Waals surface area contributed by atoms with Crippen molar-refractivity contribution in [3.8, 4) is 5.75 Å². The number of aromatic nitrogens is 2. The highest BCUT2D eigenvalue weighted by Crippen LogP contribution is 2.22. The summed E-state index contributed by atoms with van der Waals surface area (Å²) in [6.07, 6.45) is 1.65. The molecule has 3 aromatic rings. The topological polar surface area (TPSA) is 90.4 Å². The molecule has 0 aliphatic carbocycles. The van der Waals surface area contributed by atoms with Gasteiger partial charge in [-0.25, -0.2) is 9.78 Å². The third-order valence-corrected chi connectivity index (χ3v) is 4.96. The molecular formula is C20H19N3O4S. The van der Waals surface area contributed by atoms with Crippen LogP contribution in [0.1, 0.15) is 36.4 Å². The van der Waals surface area contributed by atoms with E-state index < -0.39 is 5.97 Å². The molecule has 1 amide bonds. The number of hydrogen-bond acceptors (Lipinski definition) is 7. The van der Waals surface area contributed by atoms with E-state index in [9.17, 15) is 9.59 Å². The average Bonchev–Trinajstić information content (AvgIpc) is 3.08. The summed E-state index contributed by atoms with van der Waals surface area (Å²) < 4.78 is 10.4. The van der Waals surface area contributed by atoms with Crippen molar-refractivity contribution in [3.05, 3.63) is 69.4 Å². The number of rotatable bonds is 6. The molecule has 1 N–H and O–H groups in total. The van der Waals surface area contributed by atoms with Crippen LogP contribution in [0.4, 0.5) is 5.69 Å². The highest BCUT2D eigenvalue weighted by molar-refractivity contribution is 7.13. The van der Waals surface area contributed by atoms with Crippen LogP contribution in [0.5, 0.6) is 5.75 Å². The van der Waals surface area contributed by atoms with Crippen molar-refractivity contribution in [2.24, 2.45) is 0 Å². The van der Waals surface area contributed by atoms with E-state index in [2.05, 4.69) is 15.3 Å². The van der Waals surface area contributed by atoms with Crippen molar-refractivity contribution in [3.63, 3.8) is 0 Å². The zero-order valence-electron chi connectivity index (χ0n) is 15.7. The van der Waals surface area contributed by atoms with E-state index in [1.807, 2.05) is 19.1 Å². The molecule has 0 spiro atoms. The maximum atomic E-state index is 12.6. The number of benzene rings is 1. The maximum absolute atomic E-state index is 12.6. The smallest absolute Gasteiger partial charge is 0.337 e. The summed E-state index contributed by atoms with van der Waals surface area (Å²) in [5.41, 5.74) is 2.39. The monoisotopic (exact) mass is 397 g/mol. The minimum Gasteiger partial charge on any atom is -0.485 e. The van der Waals surface area contributed by atoms with Crippen LogP contribution in [0.25, 0.3) is 0 Å². The Labute approximate surface area is 166 Å². The number of carbonyl (C=O) groups is 2. The number of aryl methyl sites for hydroxylation is 2. The quantitative estimate of drug-likeness (QED) is 0.637. The molecule has 0 aliphatic heterocycles. The first-order chi connectivity index (χ1) is 13.5. The van der Waals surface area contributed by atoms with Gasteiger partial charge in [0, 0.05) is 11.4 Å². The van der Waals surface area contributed by atoms with Gasteiger partial charge in [-0.3, -0.25) is 9.78 Å². The molecule has 28 heavy (non-hydrogen) atoms. The van der Waals surface area contributed by atoms with Crippen LogP contribution in [0, 0.1) is 13.8 Å². The Hall–Kier alpha value is -3.26. The minimum absolute atomic E-state index is 0.251. The lowest BCUT2D eigenvalue weighted by molar-refractivity contribution is 0.0600. The molecule has 0 saturated carbocycles. The van der Waals surface area contributed by atoms with Gasteiger partial charge >= 0.3 is 5.97 Å². The number of nitrogens with one attached hydrogen (secondary N) is 1. The van der Waals surface area contributed by atoms with Crippen LogP contribution in [-0.4, -0.2) is 29.0 Å². The van der Waals surface area contributed by atoms with Crippen molar-refractivity contribution in [1.29, 1.82) is 0 Å². The molecule has 0 unspecified atom stereocenters. The van der Waals surface area contributed by atoms with Crippen molar-refractivity contribution < 1.29 is 19.1 Å². The van der Waals surface area contributed by atoms with E-state index in [1.165, 1.54) is 18.4 Å². The van der Waals surface area contributed by atoms with Crippen LogP contribution >= 0.6 is 11.3 Å². The van der Waals surface area contributed by atoms with E-state index in [0.29, 0.717) is 32.6 Å². The van der Waals surface area contributed by atoms with Crippen molar-refractivity contribution in [2.45, 2.75) is 20.5 Å². The zero-order chi connectivity index (χ0) is 20.1. The fraction of sp³-hybridized carbons (Fsp3) is 0.200. The van der Waals surface area contributed by atoms with E-state index in [0.717, 1.165) is 5.69 Å². The molecule has 144 valence electrons. The van der Waals surface area contributed by atoms with E-state index in [4.69, 9.17) is 9.47 Å². The largest absolute Gasteiger partial charge is 0.485 e. The fourth-order valence-corrected chi connectivity index (χ4v) is 3.31. The molecule has 0 aliphatic rings. The Balaban J connectivity index is 1.67. The summed E-state index contributed by atoms with van der Waals surface area (Å²) in [4.78, 5) is 33.3. The number of thiazole rings is 1. The second-order valence-corrected chi connectivity index (χ2v) is 7.06. The van der Waals surface area contributed by atoms with Gasteiger partial charge in [-0.2, -0.15) is 0 Å². The normalized spacial score (nSPS) is 10.4. The molecule has 8 heteroatoms. The second kappa shape index (κ2) is 8.62. The molecule has 0 radical (unpaired) electrons. The zero-order valence-corrected chi connectivity index (χ0v) is 16.5. The maximum Gasteiger partial charge on any atom is 0.337 e. The Kier molecular flexibility index (Phi) is 6.00. The highest BCUT2D eigenvalue weighted by Gasteiger charge is 2.16. The number of amides is 1. The molecule has 0 saturated heterocycles. The van der Waals surface area contributed by atoms with E-state index >= 15 is 0 Å². The summed E-state index contributed by atoms with van der Waals surface area (Å²) in [5.74, 6) is -0.112. The van der Waals surface area contributed by atoms with Crippen LogP contribution in [0.3, 0.4) is 0 Å². The number of nitrogens with zero attached hydrogens (tertiary/aromatic N) is 2. The van der Waals surface area contributed by atoms with Gasteiger partial charge in [-0.05, 0) is 44.2 Å². The lowest BCUT2D eigenvalue weighted by atomic mass is 10.2. The number of carbonyl (C=O) groups excluding carboxylic acids is 2. The van der Waals surface area contributed by atoms with Gasteiger partial charge in [-0.15, -0.1) is 11.3 Å². The summed E-state index contributed by atoms with van der Waals surface area (Å²) >= 11 is 1.26. The number of pyridine rings is 1. The molecule has 1 aromatic carbocycles. The second-order valence-electron chi connectivity index (χ2n) is 5.97. The Morgan fingerprint density at radius 1 is 1.18 bits per heavy atom. The first kappa shape index (κ1) is 19.5. The predicted molar refractivity (Wildman–Crippen MR) is 106 cm³/mol. The molecule has 2 heterocycles. The number of hydrogen-bond donors (Lipinski definition) is 1. The van der Waals surface area contributed by atoms with Crippen molar-refractivity contribution >= 4 is 28.9 Å². The molecule has 7 nitrogen and oxygen atoms in total. The minimum atomic E-state index is -0.463. The van der Waals surface area contributed by atoms with Crippen LogP contribution in [-0.2, 0) is 11.3 Å². The molecule has 0 atom stereocenters. The highest BCUT2D eigenvalue weighted by atomic mass is 32.1. The molecule has 0 fully saturated rings. The lowest BCUT2D eigenvalue weighted by Gasteiger charge is -2.06. The van der Waals surface area contributed by atoms with E-state index in [-0.39, 0.29) is 12.5 Å². The van der Waals surface area contributed by atoms with Crippen molar-refractivity contribution in [1.82, 2.24) is 9.97 Å². The molecular weight excluding hydrogens is 378 g/mol. The van der Waals surface area contributed by atoms with Crippen LogP contribution in [0.15, 0.2) is 42.6 Å². The Bertz CT molecular complexity index is 999. The van der Waals surface area contributed by atoms with Gasteiger partial charge in [0.15, 0.2) is 0 Å². The van der Waals surface area contributed by atoms with Gasteiger partial charge in [0.2, 0.25) is 0 Å². The Morgan fingerprint density at radius 3 is 2.71 bits per heavy atom. The number of anilines is 1. The standard InChI is InChI=1S/C20H19N3O4S/c1-12-7-8-16(10-21-12)27-11-17-22-13(2)18(28-17)19(24)23-15-6-4-5-14(9-15)20(25)26-3/h4-10H,11H2,1-3H3,(H,23,24). The predicted octanol–water partition coefficient (Wildman–Crippen LogP) is 3.77. The summed E-state index contributed by atoms with van der Waals surface area (Å²) in [6, 6.07) is 10.3. The molecule has 2 aromatic heterocycles. The van der Waals surface area contributed by atoms with Gasteiger partial charge in [0.05, 0.1) is 24.6 Å². The first-order valence-corrected chi connectivity index (χ1v) is 9.29. The summed E-state index contributed by atoms with van der Waals surface area (Å²) in [7, 11) is 1.31. The van der Waals surface area contributed by atoms with Gasteiger partial charge in [0.25, 0.3) is 5.91 Å². The lowest BCUT2D eigenvalue weighted by Crippen LogP contribution is -2.12. The van der Waals surface area contributed by atoms with E-state index in [1.54, 1.807) is 37.4 Å². The van der Waals surface area contributed by atoms with Crippen LogP contribution < -0.4 is 10.1 Å². The van der Waals surface area contributed by atoms with Gasteiger partial charge in [-0.1, -0.05) is 6.07 Å². The third kappa shape index (κ3) is 4.72. The summed E-state index contributed by atoms with van der Waals surface area (Å²) in [6.45, 7) is 3.92. The number of methoxy groups -OCH3 is 1. The van der Waals surface area contributed by atoms with Crippen molar-refractivity contribution in [2.75, 3.05) is 12.4 Å². The average molecular weight is 397 g/mol. The molecule has 3 rings (SSSR count). The van der Waals surface area contributed by atoms with Gasteiger partial charge in [0.1, 0.15) is 22.2 Å². The molecule has 0 bridgehead atoms. The third-order valence-electron chi connectivity index (χ3n) is 3.84. The first-order valence-electron chi connectivity index (χ1n) is 8.47. The Morgan fingerprint density at radius 2 is 2.00 bits per heavy atom. The van der Waals surface area contributed by atoms with Crippen LogP contribution in [0.2, 0.25) is 0 Å². The van der Waals surface area contributed by atoms with Gasteiger partial charge < -0.3 is 14.8 Å². The number of ether oxygens (including phenoxy) is 2. The SMILES string of the molecule is COC(=O)c1cccc(NC(=O)c2sc(COc3ccc(C)nc3)nc2C)c1.